The molecular formula is C16H11F4IO4. The SMILES string of the molecule is COc1ccc(OC(F)(F)C(F)(F)I2OC(=O)c3ccccc32)cc1. The predicted octanol–water partition coefficient (Wildman–Crippen LogP) is 4.72. The van der Waals surface area contributed by atoms with E-state index in [2.05, 4.69) is 7.80 Å². The molecule has 1 heterocycles. The van der Waals surface area contributed by atoms with Crippen molar-refractivity contribution in [2.24, 2.45) is 0 Å². The van der Waals surface area contributed by atoms with Gasteiger partial charge in [-0.1, -0.05) is 0 Å². The molecule has 0 unspecified atom stereocenters. The van der Waals surface area contributed by atoms with Gasteiger partial charge < -0.3 is 0 Å². The van der Waals surface area contributed by atoms with Gasteiger partial charge in [0.05, 0.1) is 0 Å². The van der Waals surface area contributed by atoms with E-state index in [1.54, 1.807) is 0 Å². The van der Waals surface area contributed by atoms with Gasteiger partial charge in [0.2, 0.25) is 0 Å². The van der Waals surface area contributed by atoms with Crippen molar-refractivity contribution in [2.45, 2.75) is 10.0 Å². The van der Waals surface area contributed by atoms with E-state index in [0.29, 0.717) is 5.75 Å². The molecule has 134 valence electrons. The van der Waals surface area contributed by atoms with Crippen LogP contribution in [0.25, 0.3) is 0 Å². The zero-order valence-electron chi connectivity index (χ0n) is 12.6. The van der Waals surface area contributed by atoms with Crippen molar-refractivity contribution in [3.63, 3.8) is 0 Å². The summed E-state index contributed by atoms with van der Waals surface area (Å²) in [4.78, 5) is 11.7. The fourth-order valence-electron chi connectivity index (χ4n) is 2.06. The number of benzene rings is 2. The summed E-state index contributed by atoms with van der Waals surface area (Å²) in [6.07, 6.45) is -4.84. The summed E-state index contributed by atoms with van der Waals surface area (Å²) >= 11 is -4.32. The third-order valence-electron chi connectivity index (χ3n) is 3.28. The van der Waals surface area contributed by atoms with E-state index in [0.717, 1.165) is 12.1 Å². The molecule has 1 aliphatic rings. The van der Waals surface area contributed by atoms with E-state index in [-0.39, 0.29) is 9.13 Å². The summed E-state index contributed by atoms with van der Waals surface area (Å²) in [7, 11) is 1.37. The van der Waals surface area contributed by atoms with Crippen LogP contribution in [0.4, 0.5) is 17.6 Å². The van der Waals surface area contributed by atoms with Crippen LogP contribution in [-0.4, -0.2) is 23.1 Å². The monoisotopic (exact) mass is 470 g/mol. The molecule has 3 rings (SSSR count). The maximum atomic E-state index is 14.5. The van der Waals surface area contributed by atoms with Gasteiger partial charge in [-0.15, -0.1) is 0 Å². The first-order chi connectivity index (χ1) is 11.8. The topological polar surface area (TPSA) is 44.8 Å². The van der Waals surface area contributed by atoms with Crippen molar-refractivity contribution in [1.29, 1.82) is 0 Å². The zero-order chi connectivity index (χ0) is 18.2. The standard InChI is InChI=1S/C16H11F4IO4/c1-23-10-6-8-11(9-7-10)24-16(19,20)15(17,18)21-13-5-3-2-4-12(13)14(22)25-21/h2-9H,1H3. The molecule has 0 radical (unpaired) electrons. The number of hydrogen-bond acceptors (Lipinski definition) is 4. The number of carbonyl (C=O) groups is 1. The number of methoxy groups -OCH3 is 1. The van der Waals surface area contributed by atoms with Crippen molar-refractivity contribution in [2.75, 3.05) is 7.11 Å². The minimum absolute atomic E-state index is 0.104. The normalized spacial score (nSPS) is 15.6. The van der Waals surface area contributed by atoms with Crippen LogP contribution in [0.5, 0.6) is 11.5 Å². The molecule has 4 nitrogen and oxygen atoms in total. The third kappa shape index (κ3) is 3.12. The first-order valence-electron chi connectivity index (χ1n) is 6.87. The van der Waals surface area contributed by atoms with Crippen LogP contribution in [-0.2, 0) is 3.07 Å². The summed E-state index contributed by atoms with van der Waals surface area (Å²) in [6, 6.07) is 10.1. The van der Waals surface area contributed by atoms with Crippen LogP contribution in [0.15, 0.2) is 48.5 Å². The Hall–Kier alpha value is -2.04. The van der Waals surface area contributed by atoms with Crippen molar-refractivity contribution in [3.05, 3.63) is 57.7 Å². The number of carbonyl (C=O) groups excluding carboxylic acids is 1. The van der Waals surface area contributed by atoms with Gasteiger partial charge in [0, 0.05) is 0 Å². The van der Waals surface area contributed by atoms with Crippen LogP contribution >= 0.6 is 20.2 Å². The van der Waals surface area contributed by atoms with Gasteiger partial charge in [-0.2, -0.15) is 0 Å². The average Bonchev–Trinajstić information content (AvgIpc) is 2.93. The van der Waals surface area contributed by atoms with E-state index in [9.17, 15) is 22.4 Å². The molecule has 25 heavy (non-hydrogen) atoms. The second-order valence-electron chi connectivity index (χ2n) is 4.89. The molecule has 0 aliphatic carbocycles. The molecule has 0 atom stereocenters. The van der Waals surface area contributed by atoms with Gasteiger partial charge in [0.25, 0.3) is 0 Å². The van der Waals surface area contributed by atoms with Crippen LogP contribution < -0.4 is 9.47 Å². The number of halogens is 5. The molecular weight excluding hydrogens is 459 g/mol. The molecule has 0 saturated heterocycles. The molecule has 0 N–H and O–H groups in total. The van der Waals surface area contributed by atoms with Gasteiger partial charge in [-0.05, 0) is 0 Å². The zero-order valence-corrected chi connectivity index (χ0v) is 14.8. The molecule has 2 aromatic rings. The Morgan fingerprint density at radius 2 is 1.56 bits per heavy atom. The first-order valence-corrected chi connectivity index (χ1v) is 9.90. The molecule has 0 amide bonds. The Morgan fingerprint density at radius 3 is 2.20 bits per heavy atom. The predicted molar refractivity (Wildman–Crippen MR) is 88.1 cm³/mol. The molecule has 9 heteroatoms. The first kappa shape index (κ1) is 17.8. The summed E-state index contributed by atoms with van der Waals surface area (Å²) in [5.41, 5.74) is -0.104. The van der Waals surface area contributed by atoms with Crippen LogP contribution in [0, 0.1) is 3.57 Å². The van der Waals surface area contributed by atoms with Crippen molar-refractivity contribution in [3.8, 4) is 11.5 Å². The summed E-state index contributed by atoms with van der Waals surface area (Å²) in [6.45, 7) is 0. The molecule has 0 fully saturated rings. The Morgan fingerprint density at radius 1 is 0.960 bits per heavy atom. The van der Waals surface area contributed by atoms with Gasteiger partial charge in [-0.25, -0.2) is 0 Å². The number of rotatable bonds is 5. The Balaban J connectivity index is 1.88. The van der Waals surface area contributed by atoms with Gasteiger partial charge >= 0.3 is 147 Å². The fraction of sp³-hybridized carbons (Fsp3) is 0.188. The quantitative estimate of drug-likeness (QED) is 0.361. The maximum absolute atomic E-state index is 14.5. The molecule has 0 saturated carbocycles. The molecule has 0 aromatic heterocycles. The third-order valence-corrected chi connectivity index (χ3v) is 7.97. The molecule has 0 bridgehead atoms. The van der Waals surface area contributed by atoms with Gasteiger partial charge in [0.1, 0.15) is 0 Å². The van der Waals surface area contributed by atoms with E-state index in [4.69, 9.17) is 4.74 Å². The fourth-order valence-corrected chi connectivity index (χ4v) is 6.08. The molecule has 1 aliphatic heterocycles. The summed E-state index contributed by atoms with van der Waals surface area (Å²) in [5.74, 6) is -1.11. The Kier molecular flexibility index (Phi) is 4.52. The van der Waals surface area contributed by atoms with Crippen molar-refractivity contribution < 1.29 is 34.9 Å². The number of fused-ring (bicyclic) bond motifs is 1. The second kappa shape index (κ2) is 6.36. The number of ether oxygens (including phenoxy) is 2. The molecule has 2 aromatic carbocycles. The Bertz CT molecular complexity index is 795. The van der Waals surface area contributed by atoms with Gasteiger partial charge in [-0.3, -0.25) is 0 Å². The number of alkyl halides is 5. The van der Waals surface area contributed by atoms with Crippen LogP contribution in [0.3, 0.4) is 0 Å². The average molecular weight is 470 g/mol. The second-order valence-corrected chi connectivity index (χ2v) is 9.26. The van der Waals surface area contributed by atoms with E-state index in [1.165, 1.54) is 43.5 Å². The van der Waals surface area contributed by atoms with Gasteiger partial charge in [0.15, 0.2) is 0 Å². The van der Waals surface area contributed by atoms with Crippen LogP contribution in [0.2, 0.25) is 0 Å². The van der Waals surface area contributed by atoms with Crippen LogP contribution in [0.1, 0.15) is 10.4 Å². The van der Waals surface area contributed by atoms with E-state index >= 15 is 0 Å². The van der Waals surface area contributed by atoms with Crippen molar-refractivity contribution >= 4 is 26.2 Å². The van der Waals surface area contributed by atoms with E-state index in [1.807, 2.05) is 0 Å². The van der Waals surface area contributed by atoms with E-state index < -0.39 is 42.0 Å². The Labute approximate surface area is 147 Å². The minimum atomic E-state index is -4.84. The van der Waals surface area contributed by atoms with Crippen molar-refractivity contribution in [1.82, 2.24) is 0 Å². The summed E-state index contributed by atoms with van der Waals surface area (Å²) < 4.78 is 66.3. The molecule has 0 spiro atoms. The summed E-state index contributed by atoms with van der Waals surface area (Å²) in [5, 5.41) is 0. The number of hydrogen-bond donors (Lipinski definition) is 0.